The number of hydrogen-bond donors (Lipinski definition) is 1. The molecule has 2 heterocycles. The highest BCUT2D eigenvalue weighted by molar-refractivity contribution is 7.16. The average molecular weight is 314 g/mol. The van der Waals surface area contributed by atoms with Crippen LogP contribution in [0.1, 0.15) is 52.1 Å². The van der Waals surface area contributed by atoms with Crippen LogP contribution in [-0.4, -0.2) is 5.91 Å². The molecular formula is C17H18N2O2S. The Bertz CT molecular complexity index is 751. The zero-order valence-corrected chi connectivity index (χ0v) is 13.5. The second-order valence-electron chi connectivity index (χ2n) is 5.70. The quantitative estimate of drug-likeness (QED) is 0.919. The van der Waals surface area contributed by atoms with Gasteiger partial charge < -0.3 is 9.73 Å². The van der Waals surface area contributed by atoms with Gasteiger partial charge in [0.05, 0.1) is 5.56 Å². The highest BCUT2D eigenvalue weighted by Crippen LogP contribution is 2.40. The van der Waals surface area contributed by atoms with Crippen molar-refractivity contribution in [1.29, 1.82) is 5.26 Å². The predicted molar refractivity (Wildman–Crippen MR) is 86.2 cm³/mol. The normalized spacial score (nSPS) is 16.9. The van der Waals surface area contributed by atoms with E-state index in [0.717, 1.165) is 31.2 Å². The second-order valence-corrected chi connectivity index (χ2v) is 6.81. The van der Waals surface area contributed by atoms with E-state index in [-0.39, 0.29) is 11.7 Å². The minimum atomic E-state index is -0.296. The molecule has 1 aliphatic rings. The first kappa shape index (κ1) is 14.9. The molecule has 0 saturated heterocycles. The van der Waals surface area contributed by atoms with Gasteiger partial charge in [-0.05, 0) is 49.8 Å². The van der Waals surface area contributed by atoms with E-state index < -0.39 is 0 Å². The Hall–Kier alpha value is -2.06. The Morgan fingerprint density at radius 1 is 1.55 bits per heavy atom. The van der Waals surface area contributed by atoms with E-state index in [1.54, 1.807) is 19.1 Å². The van der Waals surface area contributed by atoms with Gasteiger partial charge in [-0.3, -0.25) is 4.79 Å². The maximum Gasteiger partial charge on any atom is 0.292 e. The Labute approximate surface area is 133 Å². The molecule has 2 aromatic heterocycles. The lowest BCUT2D eigenvalue weighted by Gasteiger charge is -2.20. The number of furan rings is 1. The molecule has 4 nitrogen and oxygen atoms in total. The first-order valence-electron chi connectivity index (χ1n) is 7.54. The Morgan fingerprint density at radius 3 is 3.00 bits per heavy atom. The van der Waals surface area contributed by atoms with Crippen molar-refractivity contribution in [2.45, 2.75) is 39.5 Å². The molecule has 0 aliphatic heterocycles. The molecule has 5 heteroatoms. The van der Waals surface area contributed by atoms with Crippen molar-refractivity contribution in [3.8, 4) is 6.07 Å². The van der Waals surface area contributed by atoms with E-state index in [9.17, 15) is 10.1 Å². The fourth-order valence-corrected chi connectivity index (χ4v) is 4.24. The lowest BCUT2D eigenvalue weighted by atomic mass is 9.86. The number of anilines is 1. The zero-order valence-electron chi connectivity index (χ0n) is 12.7. The highest BCUT2D eigenvalue weighted by Gasteiger charge is 2.26. The van der Waals surface area contributed by atoms with Gasteiger partial charge in [0.25, 0.3) is 5.91 Å². The van der Waals surface area contributed by atoms with E-state index in [1.807, 2.05) is 0 Å². The topological polar surface area (TPSA) is 66.0 Å². The van der Waals surface area contributed by atoms with Crippen LogP contribution >= 0.6 is 11.3 Å². The second kappa shape index (κ2) is 5.98. The van der Waals surface area contributed by atoms with Gasteiger partial charge in [0.15, 0.2) is 5.76 Å². The molecule has 0 radical (unpaired) electrons. The zero-order chi connectivity index (χ0) is 15.7. The van der Waals surface area contributed by atoms with Crippen LogP contribution in [0.15, 0.2) is 16.5 Å². The van der Waals surface area contributed by atoms with E-state index in [1.165, 1.54) is 16.2 Å². The summed E-state index contributed by atoms with van der Waals surface area (Å²) in [7, 11) is 0. The van der Waals surface area contributed by atoms with Gasteiger partial charge in [0, 0.05) is 4.88 Å². The maximum absolute atomic E-state index is 12.2. The number of nitriles is 1. The first-order valence-corrected chi connectivity index (χ1v) is 8.36. The molecule has 2 aromatic rings. The molecule has 1 N–H and O–H groups in total. The van der Waals surface area contributed by atoms with Crippen LogP contribution in [0, 0.1) is 24.2 Å². The van der Waals surface area contributed by atoms with Crippen molar-refractivity contribution in [3.05, 3.63) is 39.7 Å². The number of rotatable bonds is 3. The van der Waals surface area contributed by atoms with Crippen LogP contribution in [0.4, 0.5) is 5.00 Å². The monoisotopic (exact) mass is 314 g/mol. The fraction of sp³-hybridized carbons (Fsp3) is 0.412. The molecule has 1 atom stereocenters. The number of aryl methyl sites for hydroxylation is 1. The van der Waals surface area contributed by atoms with Crippen molar-refractivity contribution < 1.29 is 9.21 Å². The van der Waals surface area contributed by atoms with E-state index >= 15 is 0 Å². The van der Waals surface area contributed by atoms with Gasteiger partial charge in [-0.1, -0.05) is 13.3 Å². The number of thiophene rings is 1. The van der Waals surface area contributed by atoms with Crippen molar-refractivity contribution in [1.82, 2.24) is 0 Å². The SMILES string of the molecule is CCC1CCc2c(sc(NC(=O)c3ccc(C)o3)c2C#N)C1. The molecule has 0 fully saturated rings. The maximum atomic E-state index is 12.2. The van der Waals surface area contributed by atoms with Crippen molar-refractivity contribution in [3.63, 3.8) is 0 Å². The highest BCUT2D eigenvalue weighted by atomic mass is 32.1. The number of nitrogens with zero attached hydrogens (tertiary/aromatic N) is 1. The third-order valence-electron chi connectivity index (χ3n) is 4.25. The van der Waals surface area contributed by atoms with E-state index in [0.29, 0.717) is 22.2 Å². The van der Waals surface area contributed by atoms with E-state index in [2.05, 4.69) is 18.3 Å². The largest absolute Gasteiger partial charge is 0.456 e. The summed E-state index contributed by atoms with van der Waals surface area (Å²) in [6.07, 6.45) is 4.23. The average Bonchev–Trinajstić information content (AvgIpc) is 3.09. The van der Waals surface area contributed by atoms with Gasteiger partial charge in [-0.15, -0.1) is 11.3 Å². The summed E-state index contributed by atoms with van der Waals surface area (Å²) in [5.41, 5.74) is 1.76. The minimum Gasteiger partial charge on any atom is -0.456 e. The van der Waals surface area contributed by atoms with Gasteiger partial charge in [0.2, 0.25) is 0 Å². The fourth-order valence-electron chi connectivity index (χ4n) is 2.93. The van der Waals surface area contributed by atoms with Crippen LogP contribution in [0.25, 0.3) is 0 Å². The summed E-state index contributed by atoms with van der Waals surface area (Å²) >= 11 is 1.54. The van der Waals surface area contributed by atoms with E-state index in [4.69, 9.17) is 4.42 Å². The van der Waals surface area contributed by atoms with Crippen molar-refractivity contribution in [2.24, 2.45) is 5.92 Å². The molecule has 1 aliphatic carbocycles. The number of carbonyl (C=O) groups is 1. The molecule has 22 heavy (non-hydrogen) atoms. The number of fused-ring (bicyclic) bond motifs is 1. The van der Waals surface area contributed by atoms with Crippen LogP contribution in [-0.2, 0) is 12.8 Å². The van der Waals surface area contributed by atoms with Gasteiger partial charge in [-0.25, -0.2) is 0 Å². The van der Waals surface area contributed by atoms with Gasteiger partial charge in [-0.2, -0.15) is 5.26 Å². The first-order chi connectivity index (χ1) is 10.6. The summed E-state index contributed by atoms with van der Waals surface area (Å²) in [5.74, 6) is 1.37. The number of nitrogens with one attached hydrogen (secondary N) is 1. The smallest absolute Gasteiger partial charge is 0.292 e. The molecular weight excluding hydrogens is 296 g/mol. The molecule has 0 bridgehead atoms. The molecule has 0 aromatic carbocycles. The molecule has 114 valence electrons. The van der Waals surface area contributed by atoms with Crippen LogP contribution in [0.5, 0.6) is 0 Å². The van der Waals surface area contributed by atoms with Gasteiger partial charge in [0.1, 0.15) is 16.8 Å². The Morgan fingerprint density at radius 2 is 2.36 bits per heavy atom. The Balaban J connectivity index is 1.87. The van der Waals surface area contributed by atoms with Crippen molar-refractivity contribution in [2.75, 3.05) is 5.32 Å². The lowest BCUT2D eigenvalue weighted by Crippen LogP contribution is -2.12. The number of amides is 1. The summed E-state index contributed by atoms with van der Waals surface area (Å²) in [6, 6.07) is 5.67. The Kier molecular flexibility index (Phi) is 4.04. The molecule has 1 unspecified atom stereocenters. The summed E-state index contributed by atoms with van der Waals surface area (Å²) in [6.45, 7) is 4.00. The number of hydrogen-bond acceptors (Lipinski definition) is 4. The minimum absolute atomic E-state index is 0.277. The van der Waals surface area contributed by atoms with Gasteiger partial charge >= 0.3 is 0 Å². The molecule has 1 amide bonds. The molecule has 0 spiro atoms. The summed E-state index contributed by atoms with van der Waals surface area (Å²) in [4.78, 5) is 13.5. The summed E-state index contributed by atoms with van der Waals surface area (Å²) in [5, 5.41) is 13.0. The third kappa shape index (κ3) is 2.67. The predicted octanol–water partition coefficient (Wildman–Crippen LogP) is 4.29. The van der Waals surface area contributed by atoms with Crippen LogP contribution in [0.3, 0.4) is 0 Å². The van der Waals surface area contributed by atoms with Crippen LogP contribution in [0.2, 0.25) is 0 Å². The third-order valence-corrected chi connectivity index (χ3v) is 5.42. The molecule has 3 rings (SSSR count). The van der Waals surface area contributed by atoms with Crippen LogP contribution < -0.4 is 5.32 Å². The lowest BCUT2D eigenvalue weighted by molar-refractivity contribution is 0.0996. The van der Waals surface area contributed by atoms with Crippen molar-refractivity contribution >= 4 is 22.2 Å². The number of carbonyl (C=O) groups excluding carboxylic acids is 1. The standard InChI is InChI=1S/C17H18N2O2S/c1-3-11-5-6-12-13(9-18)17(22-15(12)8-11)19-16(20)14-7-4-10(2)21-14/h4,7,11H,3,5-6,8H2,1-2H3,(H,19,20). The molecule has 0 saturated carbocycles. The summed E-state index contributed by atoms with van der Waals surface area (Å²) < 4.78 is 5.34.